The fourth-order valence-electron chi connectivity index (χ4n) is 1.93. The summed E-state index contributed by atoms with van der Waals surface area (Å²) in [5, 5.41) is 9.90. The van der Waals surface area contributed by atoms with Crippen molar-refractivity contribution in [2.75, 3.05) is 18.5 Å². The Morgan fingerprint density at radius 2 is 2.19 bits per heavy atom. The van der Waals surface area contributed by atoms with Crippen molar-refractivity contribution in [1.29, 1.82) is 0 Å². The maximum atomic E-state index is 9.21. The van der Waals surface area contributed by atoms with Crippen molar-refractivity contribution in [3.63, 3.8) is 0 Å². The van der Waals surface area contributed by atoms with E-state index in [-0.39, 0.29) is 11.4 Å². The van der Waals surface area contributed by atoms with Crippen molar-refractivity contribution in [2.45, 2.75) is 18.9 Å². The molecule has 0 unspecified atom stereocenters. The molecule has 0 radical (unpaired) electrons. The lowest BCUT2D eigenvalue weighted by Gasteiger charge is -2.34. The van der Waals surface area contributed by atoms with Crippen molar-refractivity contribution >= 4 is 29.0 Å². The van der Waals surface area contributed by atoms with Crippen molar-refractivity contribution in [2.24, 2.45) is 5.92 Å². The summed E-state index contributed by atoms with van der Waals surface area (Å²) in [6, 6.07) is 0. The van der Waals surface area contributed by atoms with Gasteiger partial charge in [0.05, 0.1) is 12.3 Å². The molecule has 16 heavy (non-hydrogen) atoms. The maximum Gasteiger partial charge on any atom is 0.224 e. The second-order valence-electron chi connectivity index (χ2n) is 4.18. The van der Waals surface area contributed by atoms with Crippen LogP contribution >= 0.6 is 23.2 Å². The number of aliphatic hydroxyl groups is 1. The molecule has 0 aromatic carbocycles. The SMILES string of the molecule is CN(CC1CC(O)C1)c1nc(Cl)ncc1Cl. The normalized spacial score (nSPS) is 24.0. The highest BCUT2D eigenvalue weighted by Crippen LogP contribution is 2.30. The molecule has 0 saturated heterocycles. The van der Waals surface area contributed by atoms with E-state index < -0.39 is 0 Å². The first-order chi connectivity index (χ1) is 7.56. The third-order valence-electron chi connectivity index (χ3n) is 2.80. The van der Waals surface area contributed by atoms with Gasteiger partial charge in [-0.2, -0.15) is 4.98 Å². The molecule has 1 fully saturated rings. The molecule has 1 heterocycles. The van der Waals surface area contributed by atoms with Crippen molar-refractivity contribution in [3.8, 4) is 0 Å². The number of halogens is 2. The minimum atomic E-state index is -0.136. The topological polar surface area (TPSA) is 49.2 Å². The molecule has 0 aliphatic heterocycles. The number of aromatic nitrogens is 2. The van der Waals surface area contributed by atoms with Gasteiger partial charge in [0.1, 0.15) is 5.02 Å². The van der Waals surface area contributed by atoms with Gasteiger partial charge < -0.3 is 10.0 Å². The number of rotatable bonds is 3. The summed E-state index contributed by atoms with van der Waals surface area (Å²) in [6.07, 6.45) is 3.06. The highest BCUT2D eigenvalue weighted by molar-refractivity contribution is 6.33. The van der Waals surface area contributed by atoms with Gasteiger partial charge >= 0.3 is 0 Å². The summed E-state index contributed by atoms with van der Waals surface area (Å²) in [6.45, 7) is 0.824. The number of hydrogen-bond donors (Lipinski definition) is 1. The summed E-state index contributed by atoms with van der Waals surface area (Å²) in [5.74, 6) is 1.15. The van der Waals surface area contributed by atoms with Gasteiger partial charge in [0, 0.05) is 13.6 Å². The van der Waals surface area contributed by atoms with Crippen LogP contribution in [0.15, 0.2) is 6.20 Å². The molecule has 1 saturated carbocycles. The predicted molar refractivity (Wildman–Crippen MR) is 64.1 cm³/mol. The minimum absolute atomic E-state index is 0.136. The van der Waals surface area contributed by atoms with Crippen molar-refractivity contribution in [1.82, 2.24) is 9.97 Å². The summed E-state index contributed by atoms with van der Waals surface area (Å²) < 4.78 is 0. The van der Waals surface area contributed by atoms with Gasteiger partial charge in [-0.05, 0) is 30.4 Å². The molecular weight excluding hydrogens is 249 g/mol. The Bertz CT molecular complexity index is 382. The summed E-state index contributed by atoms with van der Waals surface area (Å²) in [5.41, 5.74) is 0. The van der Waals surface area contributed by atoms with E-state index in [1.165, 1.54) is 6.20 Å². The molecule has 0 bridgehead atoms. The van der Waals surface area contributed by atoms with Crippen LogP contribution in [0.3, 0.4) is 0 Å². The van der Waals surface area contributed by atoms with Crippen LogP contribution in [0.2, 0.25) is 10.3 Å². The van der Waals surface area contributed by atoms with E-state index >= 15 is 0 Å². The van der Waals surface area contributed by atoms with Gasteiger partial charge in [-0.3, -0.25) is 0 Å². The van der Waals surface area contributed by atoms with Crippen LogP contribution in [0, 0.1) is 5.92 Å². The zero-order chi connectivity index (χ0) is 11.7. The third kappa shape index (κ3) is 2.56. The monoisotopic (exact) mass is 261 g/mol. The lowest BCUT2D eigenvalue weighted by atomic mass is 9.82. The Kier molecular flexibility index (Phi) is 3.52. The van der Waals surface area contributed by atoms with Crippen LogP contribution in [0.1, 0.15) is 12.8 Å². The Hall–Kier alpha value is -0.580. The van der Waals surface area contributed by atoms with Crippen LogP contribution in [-0.2, 0) is 0 Å². The molecule has 88 valence electrons. The first-order valence-electron chi connectivity index (χ1n) is 5.13. The lowest BCUT2D eigenvalue weighted by Crippen LogP contribution is -2.37. The van der Waals surface area contributed by atoms with Gasteiger partial charge in [0.2, 0.25) is 5.28 Å². The van der Waals surface area contributed by atoms with Crippen LogP contribution in [0.4, 0.5) is 5.82 Å². The van der Waals surface area contributed by atoms with Crippen LogP contribution in [0.25, 0.3) is 0 Å². The first kappa shape index (κ1) is 11.9. The van der Waals surface area contributed by atoms with Gasteiger partial charge in [0.15, 0.2) is 5.82 Å². The molecule has 1 aliphatic carbocycles. The average molecular weight is 262 g/mol. The molecule has 1 N–H and O–H groups in total. The minimum Gasteiger partial charge on any atom is -0.393 e. The van der Waals surface area contributed by atoms with E-state index in [4.69, 9.17) is 23.2 Å². The molecule has 0 spiro atoms. The summed E-state index contributed by atoms with van der Waals surface area (Å²) >= 11 is 11.7. The number of nitrogens with zero attached hydrogens (tertiary/aromatic N) is 3. The van der Waals surface area contributed by atoms with Crippen LogP contribution < -0.4 is 4.90 Å². The highest BCUT2D eigenvalue weighted by Gasteiger charge is 2.28. The quantitative estimate of drug-likeness (QED) is 0.846. The molecule has 6 heteroatoms. The van der Waals surface area contributed by atoms with Gasteiger partial charge in [0.25, 0.3) is 0 Å². The highest BCUT2D eigenvalue weighted by atomic mass is 35.5. The largest absolute Gasteiger partial charge is 0.393 e. The zero-order valence-electron chi connectivity index (χ0n) is 8.90. The van der Waals surface area contributed by atoms with Gasteiger partial charge in [-0.1, -0.05) is 11.6 Å². The molecule has 0 amide bonds. The fourth-order valence-corrected chi connectivity index (χ4v) is 2.29. The molecule has 1 aromatic rings. The summed E-state index contributed by atoms with van der Waals surface area (Å²) in [4.78, 5) is 9.84. The fraction of sp³-hybridized carbons (Fsp3) is 0.600. The van der Waals surface area contributed by atoms with E-state index in [2.05, 4.69) is 9.97 Å². The van der Waals surface area contributed by atoms with E-state index in [0.29, 0.717) is 16.8 Å². The zero-order valence-corrected chi connectivity index (χ0v) is 10.4. The lowest BCUT2D eigenvalue weighted by molar-refractivity contribution is 0.0464. The van der Waals surface area contributed by atoms with Gasteiger partial charge in [-0.15, -0.1) is 0 Å². The predicted octanol–water partition coefficient (Wildman–Crippen LogP) is 1.99. The van der Waals surface area contributed by atoms with Crippen molar-refractivity contribution in [3.05, 3.63) is 16.5 Å². The van der Waals surface area contributed by atoms with Crippen molar-refractivity contribution < 1.29 is 5.11 Å². The second-order valence-corrected chi connectivity index (χ2v) is 4.93. The maximum absolute atomic E-state index is 9.21. The van der Waals surface area contributed by atoms with E-state index in [0.717, 1.165) is 19.4 Å². The molecular formula is C10H13Cl2N3O. The molecule has 0 atom stereocenters. The summed E-state index contributed by atoms with van der Waals surface area (Å²) in [7, 11) is 1.91. The molecule has 1 aromatic heterocycles. The number of aliphatic hydroxyl groups excluding tert-OH is 1. The third-order valence-corrected chi connectivity index (χ3v) is 3.25. The second kappa shape index (κ2) is 4.73. The smallest absolute Gasteiger partial charge is 0.224 e. The number of anilines is 1. The molecule has 1 aliphatic rings. The Morgan fingerprint density at radius 3 is 2.81 bits per heavy atom. The standard InChI is InChI=1S/C10H13Cl2N3O/c1-15(5-6-2-7(16)3-6)9-8(11)4-13-10(12)14-9/h4,6-7,16H,2-3,5H2,1H3. The van der Waals surface area contributed by atoms with E-state index in [1.54, 1.807) is 0 Å². The molecule has 4 nitrogen and oxygen atoms in total. The Labute approximate surface area is 104 Å². The number of hydrogen-bond acceptors (Lipinski definition) is 4. The van der Waals surface area contributed by atoms with Crippen LogP contribution in [-0.4, -0.2) is 34.8 Å². The van der Waals surface area contributed by atoms with Gasteiger partial charge in [-0.25, -0.2) is 4.98 Å². The van der Waals surface area contributed by atoms with E-state index in [9.17, 15) is 5.11 Å². The van der Waals surface area contributed by atoms with Crippen LogP contribution in [0.5, 0.6) is 0 Å². The molecule has 2 rings (SSSR count). The average Bonchev–Trinajstić information content (AvgIpc) is 2.19. The Morgan fingerprint density at radius 1 is 1.50 bits per heavy atom. The van der Waals surface area contributed by atoms with E-state index in [1.807, 2.05) is 11.9 Å². The Balaban J connectivity index is 2.02. The first-order valence-corrected chi connectivity index (χ1v) is 5.89.